The summed E-state index contributed by atoms with van der Waals surface area (Å²) in [7, 11) is -3.14. The Labute approximate surface area is 143 Å². The summed E-state index contributed by atoms with van der Waals surface area (Å²) >= 11 is 11.7. The predicted octanol–water partition coefficient (Wildman–Crippen LogP) is 4.48. The van der Waals surface area contributed by atoms with Crippen LogP contribution < -0.4 is 5.09 Å². The molecule has 22 heavy (non-hydrogen) atoms. The maximum atomic E-state index is 13.2. The van der Waals surface area contributed by atoms with E-state index in [4.69, 9.17) is 27.7 Å². The molecule has 126 valence electrons. The fraction of sp³-hybridized carbons (Fsp3) is 0.600. The summed E-state index contributed by atoms with van der Waals surface area (Å²) in [6, 6.07) is 9.70. The van der Waals surface area contributed by atoms with Gasteiger partial charge in [0, 0.05) is 31.4 Å². The van der Waals surface area contributed by atoms with Gasteiger partial charge in [-0.1, -0.05) is 43.7 Å². The molecule has 1 aromatic carbocycles. The second-order valence-electron chi connectivity index (χ2n) is 4.87. The van der Waals surface area contributed by atoms with Gasteiger partial charge in [-0.3, -0.25) is 4.57 Å². The highest BCUT2D eigenvalue weighted by Gasteiger charge is 2.30. The molecule has 1 N–H and O–H groups in total. The molecule has 4 nitrogen and oxygen atoms in total. The second kappa shape index (κ2) is 11.4. The third-order valence-corrected chi connectivity index (χ3v) is 5.73. The van der Waals surface area contributed by atoms with Gasteiger partial charge in [-0.05, 0) is 12.0 Å². The van der Waals surface area contributed by atoms with Crippen molar-refractivity contribution in [1.82, 2.24) is 9.76 Å². The van der Waals surface area contributed by atoms with E-state index in [1.807, 2.05) is 30.3 Å². The van der Waals surface area contributed by atoms with Gasteiger partial charge in [0.2, 0.25) is 0 Å². The van der Waals surface area contributed by atoms with Crippen molar-refractivity contribution in [3.05, 3.63) is 35.9 Å². The van der Waals surface area contributed by atoms with Gasteiger partial charge in [0.15, 0.2) is 0 Å². The van der Waals surface area contributed by atoms with E-state index in [2.05, 4.69) is 12.0 Å². The van der Waals surface area contributed by atoms with Crippen LogP contribution in [0.5, 0.6) is 0 Å². The molecule has 0 unspecified atom stereocenters. The molecule has 0 spiro atoms. The molecule has 0 bridgehead atoms. The molecule has 0 aliphatic carbocycles. The lowest BCUT2D eigenvalue weighted by atomic mass is 10.2. The fourth-order valence-corrected chi connectivity index (χ4v) is 4.52. The zero-order chi connectivity index (χ0) is 16.3. The summed E-state index contributed by atoms with van der Waals surface area (Å²) < 4.78 is 20.7. The first kappa shape index (κ1) is 20.0. The van der Waals surface area contributed by atoms with Gasteiger partial charge in [0.1, 0.15) is 0 Å². The third kappa shape index (κ3) is 6.99. The van der Waals surface area contributed by atoms with Gasteiger partial charge in [-0.25, -0.2) is 9.76 Å². The number of halogens is 2. The first-order valence-corrected chi connectivity index (χ1v) is 10.2. The van der Waals surface area contributed by atoms with Gasteiger partial charge in [-0.2, -0.15) is 0 Å². The Kier molecular flexibility index (Phi) is 10.4. The molecule has 0 aliphatic heterocycles. The van der Waals surface area contributed by atoms with Crippen molar-refractivity contribution >= 4 is 30.9 Å². The average Bonchev–Trinajstić information content (AvgIpc) is 2.54. The van der Waals surface area contributed by atoms with E-state index in [1.165, 1.54) is 0 Å². The van der Waals surface area contributed by atoms with Gasteiger partial charge in [-0.15, -0.1) is 23.2 Å². The number of rotatable bonds is 12. The van der Waals surface area contributed by atoms with E-state index >= 15 is 0 Å². The summed E-state index contributed by atoms with van der Waals surface area (Å²) in [4.78, 5) is 0. The molecular weight excluding hydrogens is 342 g/mol. The van der Waals surface area contributed by atoms with Gasteiger partial charge < -0.3 is 4.52 Å². The van der Waals surface area contributed by atoms with Gasteiger partial charge in [0.05, 0.1) is 6.61 Å². The Bertz CT molecular complexity index is 442. The summed E-state index contributed by atoms with van der Waals surface area (Å²) in [5, 5.41) is 3.08. The number of hydrogen-bond donors (Lipinski definition) is 1. The van der Waals surface area contributed by atoms with E-state index in [9.17, 15) is 4.57 Å². The van der Waals surface area contributed by atoms with Crippen molar-refractivity contribution in [1.29, 1.82) is 0 Å². The molecule has 0 radical (unpaired) electrons. The van der Waals surface area contributed by atoms with Crippen molar-refractivity contribution < 1.29 is 9.09 Å². The Morgan fingerprint density at radius 2 is 1.82 bits per heavy atom. The molecule has 7 heteroatoms. The van der Waals surface area contributed by atoms with E-state index < -0.39 is 7.67 Å². The van der Waals surface area contributed by atoms with Gasteiger partial charge in [0.25, 0.3) is 0 Å². The smallest absolute Gasteiger partial charge is 0.301 e. The van der Waals surface area contributed by atoms with Crippen LogP contribution in [0.2, 0.25) is 0 Å². The van der Waals surface area contributed by atoms with Crippen LogP contribution in [0.15, 0.2) is 30.3 Å². The van der Waals surface area contributed by atoms with Crippen LogP contribution in [0, 0.1) is 0 Å². The monoisotopic (exact) mass is 366 g/mol. The van der Waals surface area contributed by atoms with Crippen molar-refractivity contribution in [2.75, 3.05) is 31.4 Å². The number of alkyl halides is 2. The lowest BCUT2D eigenvalue weighted by Gasteiger charge is -2.30. The molecule has 0 saturated carbocycles. The molecule has 0 fully saturated rings. The van der Waals surface area contributed by atoms with Crippen LogP contribution >= 0.6 is 30.9 Å². The first-order chi connectivity index (χ1) is 10.7. The maximum Gasteiger partial charge on any atom is 0.343 e. The van der Waals surface area contributed by atoms with Crippen LogP contribution in [0.1, 0.15) is 25.3 Å². The molecule has 1 atom stereocenters. The summed E-state index contributed by atoms with van der Waals surface area (Å²) in [6.07, 6.45) is 1.96. The Hall–Kier alpha value is -0.0900. The summed E-state index contributed by atoms with van der Waals surface area (Å²) in [6.45, 7) is 3.97. The molecule has 0 aromatic heterocycles. The standard InChI is InChI=1S/C15H25Cl2N2O2P/c1-2-3-11-18-22(20,19(12-9-16)13-10-17)21-14-15-7-5-4-6-8-15/h4-8H,2-3,9-14H2,1H3,(H,18,20)/t22-/m1/s1. The van der Waals surface area contributed by atoms with Crippen molar-refractivity contribution in [2.45, 2.75) is 26.4 Å². The summed E-state index contributed by atoms with van der Waals surface area (Å²) in [5.74, 6) is 0.760. The Morgan fingerprint density at radius 1 is 1.18 bits per heavy atom. The lowest BCUT2D eigenvalue weighted by molar-refractivity contribution is 0.247. The number of nitrogens with one attached hydrogen (secondary N) is 1. The van der Waals surface area contributed by atoms with Crippen molar-refractivity contribution in [3.8, 4) is 0 Å². The number of unbranched alkanes of at least 4 members (excludes halogenated alkanes) is 1. The topological polar surface area (TPSA) is 41.6 Å². The highest BCUT2D eigenvalue weighted by molar-refractivity contribution is 7.54. The minimum absolute atomic E-state index is 0.290. The molecule has 1 aromatic rings. The van der Waals surface area contributed by atoms with E-state index in [-0.39, 0.29) is 6.61 Å². The maximum absolute atomic E-state index is 13.2. The number of hydrogen-bond acceptors (Lipinski definition) is 2. The minimum atomic E-state index is -3.14. The highest BCUT2D eigenvalue weighted by Crippen LogP contribution is 2.47. The first-order valence-electron chi connectivity index (χ1n) is 7.57. The van der Waals surface area contributed by atoms with E-state index in [0.717, 1.165) is 18.4 Å². The van der Waals surface area contributed by atoms with Gasteiger partial charge >= 0.3 is 7.67 Å². The molecule has 0 aliphatic rings. The molecule has 0 heterocycles. The molecule has 0 saturated heterocycles. The zero-order valence-corrected chi connectivity index (χ0v) is 15.4. The number of nitrogens with zero attached hydrogens (tertiary/aromatic N) is 1. The number of benzene rings is 1. The molecular formula is C15H25Cl2N2O2P. The van der Waals surface area contributed by atoms with Crippen molar-refractivity contribution in [3.63, 3.8) is 0 Å². The highest BCUT2D eigenvalue weighted by atomic mass is 35.5. The fourth-order valence-electron chi connectivity index (χ4n) is 1.93. The molecule has 1 rings (SSSR count). The van der Waals surface area contributed by atoms with E-state index in [1.54, 1.807) is 4.67 Å². The largest absolute Gasteiger partial charge is 0.343 e. The van der Waals surface area contributed by atoms with Crippen molar-refractivity contribution in [2.24, 2.45) is 0 Å². The average molecular weight is 367 g/mol. The Morgan fingerprint density at radius 3 is 2.36 bits per heavy atom. The van der Waals surface area contributed by atoms with Crippen LogP contribution in [0.3, 0.4) is 0 Å². The van der Waals surface area contributed by atoms with Crippen LogP contribution in [-0.2, 0) is 15.7 Å². The predicted molar refractivity (Wildman–Crippen MR) is 94.8 cm³/mol. The second-order valence-corrected chi connectivity index (χ2v) is 7.81. The lowest BCUT2D eigenvalue weighted by Crippen LogP contribution is -2.33. The van der Waals surface area contributed by atoms with Crippen LogP contribution in [-0.4, -0.2) is 36.1 Å². The van der Waals surface area contributed by atoms with Crippen LogP contribution in [0.25, 0.3) is 0 Å². The summed E-state index contributed by atoms with van der Waals surface area (Å²) in [5.41, 5.74) is 0.983. The van der Waals surface area contributed by atoms with Crippen LogP contribution in [0.4, 0.5) is 0 Å². The third-order valence-electron chi connectivity index (χ3n) is 3.15. The molecule has 0 amide bonds. The SMILES string of the molecule is CCCCN[P@@](=O)(OCc1ccccc1)N(CCCl)CCCl. The van der Waals surface area contributed by atoms with E-state index in [0.29, 0.717) is 31.4 Å². The Balaban J connectivity index is 2.76. The normalized spacial score (nSPS) is 14.2. The zero-order valence-electron chi connectivity index (χ0n) is 13.0. The quantitative estimate of drug-likeness (QED) is 0.336. The minimum Gasteiger partial charge on any atom is -0.301 e.